The van der Waals surface area contributed by atoms with Crippen molar-refractivity contribution in [1.29, 1.82) is 0 Å². The Morgan fingerprint density at radius 1 is 1.07 bits per heavy atom. The Morgan fingerprint density at radius 3 is 2.53 bits per heavy atom. The minimum absolute atomic E-state index is 0.130. The molecule has 0 spiro atoms. The van der Waals surface area contributed by atoms with Crippen LogP contribution in [0.15, 0.2) is 70.6 Å². The number of thiophene rings is 1. The lowest BCUT2D eigenvalue weighted by Crippen LogP contribution is -2.10. The lowest BCUT2D eigenvalue weighted by Gasteiger charge is -2.05. The lowest BCUT2D eigenvalue weighted by atomic mass is 10.1. The number of hydrogen-bond acceptors (Lipinski definition) is 7. The predicted molar refractivity (Wildman–Crippen MR) is 112 cm³/mol. The van der Waals surface area contributed by atoms with E-state index >= 15 is 0 Å². The topological polar surface area (TPSA) is 94.3 Å². The lowest BCUT2D eigenvalue weighted by molar-refractivity contribution is 0.0430. The van der Waals surface area contributed by atoms with Gasteiger partial charge in [0.2, 0.25) is 5.82 Å². The minimum atomic E-state index is -0.527. The average molecular weight is 419 g/mol. The highest BCUT2D eigenvalue weighted by Gasteiger charge is 2.13. The zero-order valence-electron chi connectivity index (χ0n) is 16.0. The summed E-state index contributed by atoms with van der Waals surface area (Å²) in [6.07, 6.45) is 0. The van der Waals surface area contributed by atoms with Crippen molar-refractivity contribution in [3.05, 3.63) is 87.9 Å². The van der Waals surface area contributed by atoms with E-state index in [1.807, 2.05) is 42.6 Å². The minimum Gasteiger partial charge on any atom is -0.452 e. The highest BCUT2D eigenvalue weighted by atomic mass is 32.1. The van der Waals surface area contributed by atoms with Gasteiger partial charge in [-0.15, -0.1) is 11.3 Å². The molecule has 0 saturated heterocycles. The Hall–Kier alpha value is -3.78. The fourth-order valence-corrected chi connectivity index (χ4v) is 3.25. The van der Waals surface area contributed by atoms with Crippen LogP contribution in [0, 0.1) is 6.92 Å². The number of aromatic nitrogens is 2. The molecular formula is C22H17N3O4S. The first-order chi connectivity index (χ1) is 14.6. The van der Waals surface area contributed by atoms with Gasteiger partial charge in [0, 0.05) is 11.3 Å². The largest absolute Gasteiger partial charge is 0.452 e. The van der Waals surface area contributed by atoms with Gasteiger partial charge in [-0.2, -0.15) is 4.98 Å². The highest BCUT2D eigenvalue weighted by molar-refractivity contribution is 7.12. The van der Waals surface area contributed by atoms with Crippen molar-refractivity contribution >= 4 is 28.9 Å². The van der Waals surface area contributed by atoms with E-state index < -0.39 is 5.97 Å². The number of esters is 1. The van der Waals surface area contributed by atoms with Gasteiger partial charge >= 0.3 is 5.97 Å². The van der Waals surface area contributed by atoms with Crippen molar-refractivity contribution in [2.24, 2.45) is 0 Å². The summed E-state index contributed by atoms with van der Waals surface area (Å²) in [5.41, 5.74) is 2.89. The highest BCUT2D eigenvalue weighted by Crippen LogP contribution is 2.18. The van der Waals surface area contributed by atoms with Crippen LogP contribution in [-0.2, 0) is 11.3 Å². The normalized spacial score (nSPS) is 10.6. The molecule has 0 aliphatic heterocycles. The van der Waals surface area contributed by atoms with Crippen molar-refractivity contribution in [2.45, 2.75) is 13.5 Å². The quantitative estimate of drug-likeness (QED) is 0.455. The summed E-state index contributed by atoms with van der Waals surface area (Å²) >= 11 is 1.36. The first kappa shape index (κ1) is 19.5. The molecule has 0 aliphatic carbocycles. The van der Waals surface area contributed by atoms with E-state index in [0.717, 1.165) is 11.1 Å². The monoisotopic (exact) mass is 419 g/mol. The van der Waals surface area contributed by atoms with Crippen LogP contribution in [0.2, 0.25) is 0 Å². The summed E-state index contributed by atoms with van der Waals surface area (Å²) in [4.78, 5) is 29.2. The average Bonchev–Trinajstić information content (AvgIpc) is 3.45. The first-order valence-electron chi connectivity index (χ1n) is 9.10. The molecule has 2 aromatic heterocycles. The number of anilines is 1. The smallest absolute Gasteiger partial charge is 0.338 e. The predicted octanol–water partition coefficient (Wildman–Crippen LogP) is 4.72. The van der Waals surface area contributed by atoms with Crippen molar-refractivity contribution in [2.75, 3.05) is 5.32 Å². The van der Waals surface area contributed by atoms with Gasteiger partial charge in [0.05, 0.1) is 10.4 Å². The van der Waals surface area contributed by atoms with Crippen LogP contribution in [-0.4, -0.2) is 22.0 Å². The number of rotatable bonds is 6. The number of amides is 1. The van der Waals surface area contributed by atoms with Gasteiger partial charge in [-0.25, -0.2) is 4.79 Å². The number of benzene rings is 2. The van der Waals surface area contributed by atoms with Gasteiger partial charge in [0.25, 0.3) is 11.8 Å². The summed E-state index contributed by atoms with van der Waals surface area (Å²) in [5, 5.41) is 8.52. The molecule has 1 amide bonds. The number of ether oxygens (including phenoxy) is 1. The van der Waals surface area contributed by atoms with Crippen molar-refractivity contribution in [1.82, 2.24) is 10.1 Å². The first-order valence-corrected chi connectivity index (χ1v) is 9.98. The third kappa shape index (κ3) is 4.61. The van der Waals surface area contributed by atoms with Crippen LogP contribution in [0.25, 0.3) is 11.4 Å². The van der Waals surface area contributed by atoms with E-state index in [9.17, 15) is 9.59 Å². The molecule has 4 aromatic rings. The van der Waals surface area contributed by atoms with E-state index in [4.69, 9.17) is 9.26 Å². The van der Waals surface area contributed by atoms with E-state index in [1.54, 1.807) is 30.3 Å². The van der Waals surface area contributed by atoms with Crippen LogP contribution in [0.5, 0.6) is 0 Å². The van der Waals surface area contributed by atoms with Gasteiger partial charge in [-0.05, 0) is 42.6 Å². The van der Waals surface area contributed by atoms with Crippen molar-refractivity contribution in [3.8, 4) is 11.4 Å². The molecule has 0 saturated carbocycles. The molecule has 7 nitrogen and oxygen atoms in total. The fourth-order valence-electron chi connectivity index (χ4n) is 2.63. The number of carbonyl (C=O) groups is 2. The molecule has 2 heterocycles. The maximum absolute atomic E-state index is 12.3. The van der Waals surface area contributed by atoms with Gasteiger partial charge in [0.15, 0.2) is 6.61 Å². The third-order valence-electron chi connectivity index (χ3n) is 4.23. The molecule has 0 bridgehead atoms. The molecule has 0 atom stereocenters. The van der Waals surface area contributed by atoms with Crippen LogP contribution in [0.1, 0.15) is 31.5 Å². The zero-order valence-corrected chi connectivity index (χ0v) is 16.8. The maximum atomic E-state index is 12.3. The van der Waals surface area contributed by atoms with Gasteiger partial charge < -0.3 is 14.6 Å². The molecule has 150 valence electrons. The molecule has 8 heteroatoms. The molecule has 1 N–H and O–H groups in total. The van der Waals surface area contributed by atoms with Crippen LogP contribution >= 0.6 is 11.3 Å². The summed E-state index contributed by atoms with van der Waals surface area (Å²) in [7, 11) is 0. The molecule has 30 heavy (non-hydrogen) atoms. The molecule has 4 rings (SSSR count). The van der Waals surface area contributed by atoms with E-state index in [1.165, 1.54) is 11.3 Å². The second kappa shape index (κ2) is 8.71. The van der Waals surface area contributed by atoms with Crippen LogP contribution in [0.4, 0.5) is 5.69 Å². The van der Waals surface area contributed by atoms with Gasteiger partial charge in [-0.1, -0.05) is 41.1 Å². The molecular weight excluding hydrogens is 402 g/mol. The summed E-state index contributed by atoms with van der Waals surface area (Å²) in [6, 6.07) is 17.7. The molecule has 0 fully saturated rings. The second-order valence-electron chi connectivity index (χ2n) is 6.46. The molecule has 0 aliphatic rings. The number of aryl methyl sites for hydroxylation is 1. The Morgan fingerprint density at radius 2 is 1.83 bits per heavy atom. The fraction of sp³-hybridized carbons (Fsp3) is 0.0909. The van der Waals surface area contributed by atoms with Crippen LogP contribution < -0.4 is 5.32 Å². The zero-order chi connectivity index (χ0) is 20.9. The second-order valence-corrected chi connectivity index (χ2v) is 7.41. The van der Waals surface area contributed by atoms with E-state index in [-0.39, 0.29) is 18.4 Å². The third-order valence-corrected chi connectivity index (χ3v) is 5.10. The Bertz CT molecular complexity index is 1150. The Kier molecular flexibility index (Phi) is 5.67. The van der Waals surface area contributed by atoms with Crippen LogP contribution in [0.3, 0.4) is 0 Å². The SMILES string of the molecule is Cc1ccc(-c2noc(COC(=O)c3ccc(NC(=O)c4cccs4)cc3)n2)cc1. The molecule has 0 radical (unpaired) electrons. The van der Waals surface area contributed by atoms with E-state index in [0.29, 0.717) is 22.0 Å². The summed E-state index contributed by atoms with van der Waals surface area (Å²) in [6.45, 7) is 1.86. The molecule has 0 unspecified atom stereocenters. The van der Waals surface area contributed by atoms with Gasteiger partial charge in [0.1, 0.15) is 0 Å². The Labute approximate surface area is 176 Å². The van der Waals surface area contributed by atoms with Gasteiger partial charge in [-0.3, -0.25) is 4.79 Å². The number of hydrogen-bond donors (Lipinski definition) is 1. The summed E-state index contributed by atoms with van der Waals surface area (Å²) < 4.78 is 10.4. The maximum Gasteiger partial charge on any atom is 0.338 e. The summed E-state index contributed by atoms with van der Waals surface area (Å²) in [5.74, 6) is -0.0760. The molecule has 2 aromatic carbocycles. The number of nitrogens with zero attached hydrogens (tertiary/aromatic N) is 2. The standard InChI is InChI=1S/C22H17N3O4S/c1-14-4-6-15(7-5-14)20-24-19(29-25-20)13-28-22(27)16-8-10-17(11-9-16)23-21(26)18-3-2-12-30-18/h2-12H,13H2,1H3,(H,23,26). The Balaban J connectivity index is 1.33. The number of nitrogens with one attached hydrogen (secondary N) is 1. The number of carbonyl (C=O) groups excluding carboxylic acids is 2. The van der Waals surface area contributed by atoms with Crippen molar-refractivity contribution in [3.63, 3.8) is 0 Å². The van der Waals surface area contributed by atoms with E-state index in [2.05, 4.69) is 15.5 Å². The van der Waals surface area contributed by atoms with Crippen molar-refractivity contribution < 1.29 is 18.8 Å².